The van der Waals surface area contributed by atoms with E-state index in [1.165, 1.54) is 5.56 Å². The normalized spacial score (nSPS) is 19.4. The molecule has 0 unspecified atom stereocenters. The Balaban J connectivity index is 1.68. The Hall–Kier alpha value is -2.07. The average molecular weight is 332 g/mol. The highest BCUT2D eigenvalue weighted by atomic mass is 35.5. The number of methoxy groups -OCH3 is 1. The maximum atomic E-state index is 10.8. The van der Waals surface area contributed by atoms with Crippen LogP contribution in [0, 0.1) is 11.8 Å². The molecule has 3 rings (SSSR count). The van der Waals surface area contributed by atoms with Gasteiger partial charge in [-0.3, -0.25) is 4.79 Å². The van der Waals surface area contributed by atoms with E-state index in [0.29, 0.717) is 16.8 Å². The van der Waals surface area contributed by atoms with Gasteiger partial charge in [0.1, 0.15) is 0 Å². The lowest BCUT2D eigenvalue weighted by atomic mass is 10.0. The summed E-state index contributed by atoms with van der Waals surface area (Å²) in [6.07, 6.45) is 4.21. The van der Waals surface area contributed by atoms with Crippen molar-refractivity contribution in [2.24, 2.45) is 11.8 Å². The van der Waals surface area contributed by atoms with Crippen LogP contribution in [0.4, 0.5) is 0 Å². The molecule has 2 atom stereocenters. The SMILES string of the molecule is COc1ncc(Cl)cc1-c1ccc(CC[C@@H]2C[C@H]2C(=O)O)cc1. The predicted octanol–water partition coefficient (Wildman–Crippen LogP) is 4.06. The fraction of sp³-hybridized carbons (Fsp3) is 0.333. The first kappa shape index (κ1) is 15.8. The molecule has 0 bridgehead atoms. The molecule has 1 saturated carbocycles. The fourth-order valence-corrected chi connectivity index (χ4v) is 3.03. The number of benzene rings is 1. The van der Waals surface area contributed by atoms with Crippen LogP contribution in [0.1, 0.15) is 18.4 Å². The van der Waals surface area contributed by atoms with Crippen LogP contribution in [0.15, 0.2) is 36.5 Å². The first-order chi connectivity index (χ1) is 11.1. The number of aryl methyl sites for hydroxylation is 1. The lowest BCUT2D eigenvalue weighted by Crippen LogP contribution is -2.00. The summed E-state index contributed by atoms with van der Waals surface area (Å²) >= 11 is 6.02. The Kier molecular flexibility index (Phi) is 4.53. The average Bonchev–Trinajstić information content (AvgIpc) is 3.33. The van der Waals surface area contributed by atoms with Crippen LogP contribution in [0.25, 0.3) is 11.1 Å². The van der Waals surface area contributed by atoms with Crippen molar-refractivity contribution in [3.63, 3.8) is 0 Å². The summed E-state index contributed by atoms with van der Waals surface area (Å²) in [5.74, 6) is 0.0933. The molecule has 1 aliphatic rings. The van der Waals surface area contributed by atoms with E-state index in [9.17, 15) is 4.79 Å². The number of hydrogen-bond acceptors (Lipinski definition) is 3. The summed E-state index contributed by atoms with van der Waals surface area (Å²) in [6, 6.07) is 10.0. The smallest absolute Gasteiger partial charge is 0.306 e. The Labute approximate surface area is 140 Å². The molecule has 0 spiro atoms. The molecule has 1 aliphatic carbocycles. The molecule has 1 aromatic heterocycles. The van der Waals surface area contributed by atoms with E-state index in [2.05, 4.69) is 17.1 Å². The number of pyridine rings is 1. The Morgan fingerprint density at radius 1 is 1.39 bits per heavy atom. The van der Waals surface area contributed by atoms with Gasteiger partial charge in [-0.15, -0.1) is 0 Å². The van der Waals surface area contributed by atoms with Gasteiger partial charge in [-0.25, -0.2) is 4.98 Å². The highest BCUT2D eigenvalue weighted by Crippen LogP contribution is 2.42. The van der Waals surface area contributed by atoms with Crippen molar-refractivity contribution in [2.45, 2.75) is 19.3 Å². The van der Waals surface area contributed by atoms with Crippen LogP contribution in [-0.2, 0) is 11.2 Å². The van der Waals surface area contributed by atoms with E-state index in [-0.39, 0.29) is 5.92 Å². The minimum absolute atomic E-state index is 0.129. The van der Waals surface area contributed by atoms with Gasteiger partial charge >= 0.3 is 5.97 Å². The molecule has 1 N–H and O–H groups in total. The Morgan fingerprint density at radius 3 is 2.74 bits per heavy atom. The van der Waals surface area contributed by atoms with Gasteiger partial charge in [-0.05, 0) is 42.4 Å². The molecule has 2 aromatic rings. The lowest BCUT2D eigenvalue weighted by Gasteiger charge is -2.09. The van der Waals surface area contributed by atoms with Gasteiger partial charge in [-0.1, -0.05) is 35.9 Å². The maximum Gasteiger partial charge on any atom is 0.306 e. The highest BCUT2D eigenvalue weighted by Gasteiger charge is 2.42. The van der Waals surface area contributed by atoms with E-state index in [0.717, 1.165) is 30.4 Å². The van der Waals surface area contributed by atoms with E-state index >= 15 is 0 Å². The second-order valence-corrected chi connectivity index (χ2v) is 6.32. The van der Waals surface area contributed by atoms with Gasteiger partial charge in [0.15, 0.2) is 0 Å². The third-order valence-electron chi connectivity index (χ3n) is 4.32. The Morgan fingerprint density at radius 2 is 2.13 bits per heavy atom. The zero-order valence-electron chi connectivity index (χ0n) is 12.8. The van der Waals surface area contributed by atoms with Crippen molar-refractivity contribution in [3.05, 3.63) is 47.1 Å². The minimum Gasteiger partial charge on any atom is -0.481 e. The van der Waals surface area contributed by atoms with Crippen LogP contribution in [0.2, 0.25) is 5.02 Å². The first-order valence-corrected chi connectivity index (χ1v) is 7.98. The summed E-state index contributed by atoms with van der Waals surface area (Å²) in [6.45, 7) is 0. The molecule has 0 amide bonds. The zero-order chi connectivity index (χ0) is 16.4. The van der Waals surface area contributed by atoms with E-state index in [1.807, 2.05) is 18.2 Å². The third-order valence-corrected chi connectivity index (χ3v) is 4.53. The second kappa shape index (κ2) is 6.59. The largest absolute Gasteiger partial charge is 0.481 e. The number of rotatable bonds is 6. The topological polar surface area (TPSA) is 59.4 Å². The van der Waals surface area contributed by atoms with Gasteiger partial charge in [0, 0.05) is 11.8 Å². The Bertz CT molecular complexity index is 715. The van der Waals surface area contributed by atoms with Crippen LogP contribution in [-0.4, -0.2) is 23.2 Å². The second-order valence-electron chi connectivity index (χ2n) is 5.89. The van der Waals surface area contributed by atoms with Crippen molar-refractivity contribution >= 4 is 17.6 Å². The molecule has 0 saturated heterocycles. The molecule has 0 aliphatic heterocycles. The number of hydrogen-bond donors (Lipinski definition) is 1. The molecule has 120 valence electrons. The minimum atomic E-state index is -0.661. The molecule has 4 nitrogen and oxygen atoms in total. The number of aromatic nitrogens is 1. The van der Waals surface area contributed by atoms with E-state index in [1.54, 1.807) is 13.3 Å². The van der Waals surface area contributed by atoms with Gasteiger partial charge in [0.25, 0.3) is 0 Å². The zero-order valence-corrected chi connectivity index (χ0v) is 13.6. The van der Waals surface area contributed by atoms with E-state index in [4.69, 9.17) is 21.4 Å². The number of halogens is 1. The summed E-state index contributed by atoms with van der Waals surface area (Å²) in [7, 11) is 1.59. The predicted molar refractivity (Wildman–Crippen MR) is 88.8 cm³/mol. The van der Waals surface area contributed by atoms with Crippen molar-refractivity contribution in [1.29, 1.82) is 0 Å². The summed E-state index contributed by atoms with van der Waals surface area (Å²) < 4.78 is 5.28. The number of aliphatic carboxylic acids is 1. The quantitative estimate of drug-likeness (QED) is 0.867. The first-order valence-electron chi connectivity index (χ1n) is 7.60. The summed E-state index contributed by atoms with van der Waals surface area (Å²) in [5.41, 5.74) is 3.06. The number of carboxylic acids is 1. The molecular weight excluding hydrogens is 314 g/mol. The van der Waals surface area contributed by atoms with Crippen molar-refractivity contribution in [3.8, 4) is 17.0 Å². The standard InChI is InChI=1S/C18H18ClNO3/c1-23-17-15(9-14(19)10-20-17)12-5-2-11(3-6-12)4-7-13-8-16(13)18(21)22/h2-3,5-6,9-10,13,16H,4,7-8H2,1H3,(H,21,22)/t13-,16-/m1/s1. The third kappa shape index (κ3) is 3.64. The summed E-state index contributed by atoms with van der Waals surface area (Å²) in [4.78, 5) is 15.0. The van der Waals surface area contributed by atoms with Gasteiger partial charge in [-0.2, -0.15) is 0 Å². The molecular formula is C18H18ClNO3. The molecule has 1 fully saturated rings. The highest BCUT2D eigenvalue weighted by molar-refractivity contribution is 6.30. The molecule has 23 heavy (non-hydrogen) atoms. The number of carboxylic acid groups (broad SMARTS) is 1. The number of ether oxygens (including phenoxy) is 1. The van der Waals surface area contributed by atoms with Crippen LogP contribution in [0.5, 0.6) is 5.88 Å². The van der Waals surface area contributed by atoms with Gasteiger partial charge < -0.3 is 9.84 Å². The van der Waals surface area contributed by atoms with Crippen molar-refractivity contribution in [1.82, 2.24) is 4.98 Å². The van der Waals surface area contributed by atoms with Crippen molar-refractivity contribution in [2.75, 3.05) is 7.11 Å². The van der Waals surface area contributed by atoms with Crippen LogP contribution in [0.3, 0.4) is 0 Å². The van der Waals surface area contributed by atoms with Crippen LogP contribution < -0.4 is 4.74 Å². The van der Waals surface area contributed by atoms with E-state index < -0.39 is 5.97 Å². The monoisotopic (exact) mass is 331 g/mol. The molecule has 1 heterocycles. The van der Waals surface area contributed by atoms with Crippen LogP contribution >= 0.6 is 11.6 Å². The molecule has 0 radical (unpaired) electrons. The maximum absolute atomic E-state index is 10.8. The van der Waals surface area contributed by atoms with Gasteiger partial charge in [0.2, 0.25) is 5.88 Å². The molecule has 1 aromatic carbocycles. The molecule has 5 heteroatoms. The van der Waals surface area contributed by atoms with Gasteiger partial charge in [0.05, 0.1) is 18.1 Å². The number of nitrogens with zero attached hydrogens (tertiary/aromatic N) is 1. The number of carbonyl (C=O) groups is 1. The lowest BCUT2D eigenvalue weighted by molar-refractivity contribution is -0.138. The summed E-state index contributed by atoms with van der Waals surface area (Å²) in [5, 5.41) is 9.49. The fourth-order valence-electron chi connectivity index (χ4n) is 2.87. The van der Waals surface area contributed by atoms with Crippen molar-refractivity contribution < 1.29 is 14.6 Å².